The number of imidazole rings is 1. The third kappa shape index (κ3) is 6.76. The van der Waals surface area contributed by atoms with Crippen molar-refractivity contribution in [3.8, 4) is 0 Å². The second-order valence-electron chi connectivity index (χ2n) is 14.9. The molecule has 15 nitrogen and oxygen atoms in total. The molecule has 2 N–H and O–H groups in total. The molecule has 3 amide bonds. The van der Waals surface area contributed by atoms with Gasteiger partial charge in [-0.25, -0.2) is 27.5 Å². The molecule has 4 aromatic heterocycles. The minimum Gasteiger partial charge on any atom is -0.370 e. The molecule has 2 saturated heterocycles. The van der Waals surface area contributed by atoms with E-state index in [1.807, 2.05) is 0 Å². The number of carbonyl (C=O) groups is 3. The summed E-state index contributed by atoms with van der Waals surface area (Å²) in [4.78, 5) is 59.6. The zero-order valence-electron chi connectivity index (χ0n) is 30.5. The Kier molecular flexibility index (Phi) is 9.69. The van der Waals surface area contributed by atoms with Crippen LogP contribution in [-0.4, -0.2) is 88.9 Å². The van der Waals surface area contributed by atoms with E-state index in [2.05, 4.69) is 42.7 Å². The van der Waals surface area contributed by atoms with Crippen molar-refractivity contribution in [2.75, 3.05) is 36.9 Å². The Labute approximate surface area is 313 Å². The lowest BCUT2D eigenvalue weighted by Gasteiger charge is -2.40. The van der Waals surface area contributed by atoms with Crippen molar-refractivity contribution in [1.29, 1.82) is 0 Å². The molecule has 5 aromatic rings. The lowest BCUT2D eigenvalue weighted by atomic mass is 9.85. The van der Waals surface area contributed by atoms with Gasteiger partial charge in [-0.2, -0.15) is 10.2 Å². The number of alkyl halides is 2. The second kappa shape index (κ2) is 14.6. The molecule has 1 unspecified atom stereocenters. The molecule has 2 aliphatic heterocycles. The zero-order valence-corrected chi connectivity index (χ0v) is 30.5. The molecule has 1 saturated carbocycles. The summed E-state index contributed by atoms with van der Waals surface area (Å²) in [6.45, 7) is 2.27. The zero-order chi connectivity index (χ0) is 38.5. The maximum Gasteiger partial charge on any atom is 0.329 e. The molecule has 18 heteroatoms. The number of nitrogens with zero attached hydrogens (tertiary/aromatic N) is 9. The summed E-state index contributed by atoms with van der Waals surface area (Å²) in [5, 5.41) is 13.2. The summed E-state index contributed by atoms with van der Waals surface area (Å²) in [6.07, 6.45) is 8.41. The van der Waals surface area contributed by atoms with Gasteiger partial charge in [0.15, 0.2) is 11.3 Å². The minimum absolute atomic E-state index is 0.0287. The van der Waals surface area contributed by atoms with Crippen molar-refractivity contribution >= 4 is 45.8 Å². The number of piperidine rings is 2. The molecule has 8 rings (SSSR count). The number of aromatic nitrogens is 7. The van der Waals surface area contributed by atoms with Gasteiger partial charge in [-0.15, -0.1) is 0 Å². The number of fused-ring (bicyclic) bond motifs is 2. The van der Waals surface area contributed by atoms with E-state index >= 15 is 4.39 Å². The molecule has 0 radical (unpaired) electrons. The fourth-order valence-corrected chi connectivity index (χ4v) is 8.65. The fourth-order valence-electron chi connectivity index (χ4n) is 8.65. The number of imide groups is 1. The van der Waals surface area contributed by atoms with Gasteiger partial charge in [0.25, 0.3) is 12.3 Å². The van der Waals surface area contributed by atoms with E-state index < -0.39 is 47.4 Å². The molecule has 3 fully saturated rings. The van der Waals surface area contributed by atoms with Gasteiger partial charge >= 0.3 is 5.69 Å². The van der Waals surface area contributed by atoms with Crippen molar-refractivity contribution in [3.05, 3.63) is 70.5 Å². The highest BCUT2D eigenvalue weighted by atomic mass is 19.3. The molecular formula is C37H42F3N11O4. The van der Waals surface area contributed by atoms with Crippen LogP contribution >= 0.6 is 0 Å². The first-order valence-electron chi connectivity index (χ1n) is 18.6. The van der Waals surface area contributed by atoms with Crippen LogP contribution in [0.1, 0.15) is 85.9 Å². The minimum atomic E-state index is -2.87. The van der Waals surface area contributed by atoms with E-state index in [-0.39, 0.29) is 35.7 Å². The lowest BCUT2D eigenvalue weighted by Crippen LogP contribution is -2.45. The molecule has 1 aliphatic carbocycles. The molecule has 290 valence electrons. The fraction of sp³-hybridized carbons (Fsp3) is 0.486. The maximum atomic E-state index is 15.4. The first kappa shape index (κ1) is 36.5. The van der Waals surface area contributed by atoms with E-state index in [9.17, 15) is 28.0 Å². The largest absolute Gasteiger partial charge is 0.370 e. The topological polar surface area (TPSA) is 157 Å². The van der Waals surface area contributed by atoms with E-state index in [4.69, 9.17) is 0 Å². The Hall–Kier alpha value is -5.52. The summed E-state index contributed by atoms with van der Waals surface area (Å²) < 4.78 is 49.1. The van der Waals surface area contributed by atoms with Crippen LogP contribution < -0.4 is 21.2 Å². The standard InChI is InChI=1S/C37H42F3N11O4/c1-46(22-12-16-48(17-13-22)27-9-8-25(38)31-32(27)47(2)37(55)51(31)28-10-11-29(52)44-36(28)54)19-21-4-6-23(7-5-21)50-20-26(30(45-50)33(39)40)43-35(53)24-18-42-49-15-3-14-41-34(24)49/h3,8-9,14-15,18,20-23,28,33H,4-7,10-13,16-17,19H2,1-2H3,(H,43,53)(H,44,52,54). The number of hydrogen-bond donors (Lipinski definition) is 2. The highest BCUT2D eigenvalue weighted by Gasteiger charge is 2.35. The van der Waals surface area contributed by atoms with Crippen molar-refractivity contribution in [2.45, 2.75) is 75.9 Å². The summed E-state index contributed by atoms with van der Waals surface area (Å²) in [5.74, 6) is -1.78. The Morgan fingerprint density at radius 2 is 1.82 bits per heavy atom. The van der Waals surface area contributed by atoms with Gasteiger partial charge in [-0.05, 0) is 76.1 Å². The summed E-state index contributed by atoms with van der Waals surface area (Å²) in [5.41, 5.74) is 0.705. The smallest absolute Gasteiger partial charge is 0.329 e. The van der Waals surface area contributed by atoms with Crippen LogP contribution in [0.15, 0.2) is 47.8 Å². The van der Waals surface area contributed by atoms with Crippen LogP contribution in [-0.2, 0) is 16.6 Å². The van der Waals surface area contributed by atoms with Gasteiger partial charge < -0.3 is 15.1 Å². The maximum absolute atomic E-state index is 15.4. The van der Waals surface area contributed by atoms with Crippen LogP contribution in [0.25, 0.3) is 16.7 Å². The Balaban J connectivity index is 0.878. The summed E-state index contributed by atoms with van der Waals surface area (Å²) in [6, 6.07) is 3.97. The predicted molar refractivity (Wildman–Crippen MR) is 196 cm³/mol. The molecule has 1 atom stereocenters. The third-order valence-corrected chi connectivity index (χ3v) is 11.6. The number of nitrogens with one attached hydrogen (secondary N) is 2. The van der Waals surface area contributed by atoms with Crippen LogP contribution in [0.2, 0.25) is 0 Å². The van der Waals surface area contributed by atoms with Gasteiger partial charge in [0, 0.05) is 57.7 Å². The molecule has 3 aliphatic rings. The average Bonchev–Trinajstić information content (AvgIpc) is 3.87. The normalized spacial score (nSPS) is 21.3. The molecular weight excluding hydrogens is 719 g/mol. The second-order valence-corrected chi connectivity index (χ2v) is 14.9. The molecule has 0 spiro atoms. The number of anilines is 2. The van der Waals surface area contributed by atoms with Gasteiger partial charge in [0.2, 0.25) is 11.8 Å². The number of hydrogen-bond acceptors (Lipinski definition) is 9. The van der Waals surface area contributed by atoms with Crippen molar-refractivity contribution < 1.29 is 27.6 Å². The number of aryl methyl sites for hydroxylation is 1. The molecule has 0 bridgehead atoms. The Morgan fingerprint density at radius 3 is 2.55 bits per heavy atom. The van der Waals surface area contributed by atoms with E-state index in [1.165, 1.54) is 38.3 Å². The van der Waals surface area contributed by atoms with Crippen LogP contribution in [0.4, 0.5) is 24.5 Å². The summed E-state index contributed by atoms with van der Waals surface area (Å²) >= 11 is 0. The van der Waals surface area contributed by atoms with Crippen LogP contribution in [0.3, 0.4) is 0 Å². The number of amides is 3. The van der Waals surface area contributed by atoms with Crippen molar-refractivity contribution in [3.63, 3.8) is 0 Å². The van der Waals surface area contributed by atoms with Gasteiger partial charge in [-0.1, -0.05) is 0 Å². The van der Waals surface area contributed by atoms with Crippen LogP contribution in [0.5, 0.6) is 0 Å². The Bertz CT molecular complexity index is 2330. The van der Waals surface area contributed by atoms with E-state index in [0.717, 1.165) is 50.8 Å². The highest BCUT2D eigenvalue weighted by molar-refractivity contribution is 6.08. The number of rotatable bonds is 9. The monoisotopic (exact) mass is 761 g/mol. The Morgan fingerprint density at radius 1 is 1.05 bits per heavy atom. The summed E-state index contributed by atoms with van der Waals surface area (Å²) in [7, 11) is 3.71. The number of halogens is 3. The predicted octanol–water partition coefficient (Wildman–Crippen LogP) is 4.22. The first-order chi connectivity index (χ1) is 26.5. The third-order valence-electron chi connectivity index (χ3n) is 11.6. The van der Waals surface area contributed by atoms with E-state index in [1.54, 1.807) is 30.1 Å². The van der Waals surface area contributed by atoms with E-state index in [0.29, 0.717) is 36.2 Å². The molecule has 55 heavy (non-hydrogen) atoms. The number of benzene rings is 1. The molecule has 6 heterocycles. The highest BCUT2D eigenvalue weighted by Crippen LogP contribution is 2.37. The quantitative estimate of drug-likeness (QED) is 0.210. The average molecular weight is 762 g/mol. The van der Waals surface area contributed by atoms with Crippen molar-refractivity contribution in [1.82, 2.24) is 43.7 Å². The van der Waals surface area contributed by atoms with Gasteiger partial charge in [0.05, 0.1) is 29.1 Å². The number of carbonyl (C=O) groups excluding carboxylic acids is 3. The SMILES string of the molecule is CN(CC1CCC(n2cc(NC(=O)c3cnn4cccnc34)c(C(F)F)n2)CC1)C1CCN(c2ccc(F)c3c2n(C)c(=O)n3C2CCC(=O)NC2=O)CC1. The first-order valence-corrected chi connectivity index (χ1v) is 18.6. The van der Waals surface area contributed by atoms with Crippen molar-refractivity contribution in [2.24, 2.45) is 13.0 Å². The van der Waals surface area contributed by atoms with Gasteiger partial charge in [0.1, 0.15) is 22.9 Å². The molecule has 1 aromatic carbocycles. The van der Waals surface area contributed by atoms with Crippen LogP contribution in [0, 0.1) is 11.7 Å². The lowest BCUT2D eigenvalue weighted by molar-refractivity contribution is -0.135. The van der Waals surface area contributed by atoms with Gasteiger partial charge in [-0.3, -0.25) is 33.5 Å².